The van der Waals surface area contributed by atoms with Crippen molar-refractivity contribution in [3.05, 3.63) is 0 Å². The number of alkyl carbamates (subject to hydrolysis) is 1. The number of hydrogen-bond acceptors (Lipinski definition) is 3. The second kappa shape index (κ2) is 9.41. The summed E-state index contributed by atoms with van der Waals surface area (Å²) in [6.45, 7) is 5.47. The van der Waals surface area contributed by atoms with Crippen LogP contribution in [0.4, 0.5) is 4.79 Å². The van der Waals surface area contributed by atoms with Gasteiger partial charge >= 0.3 is 139 Å². The van der Waals surface area contributed by atoms with Crippen molar-refractivity contribution in [2.75, 3.05) is 0 Å². The summed E-state index contributed by atoms with van der Waals surface area (Å²) < 4.78 is 5.28. The first kappa shape index (κ1) is 19.3. The maximum absolute atomic E-state index is 11.9. The molecular formula is C16H29NO4Se. The van der Waals surface area contributed by atoms with Gasteiger partial charge in [-0.3, -0.25) is 0 Å². The Labute approximate surface area is 139 Å². The Hall–Kier alpha value is -0.741. The van der Waals surface area contributed by atoms with Gasteiger partial charge in [-0.2, -0.15) is 0 Å². The van der Waals surface area contributed by atoms with E-state index in [0.717, 1.165) is 10.1 Å². The molecule has 1 saturated carbocycles. The number of aliphatic carboxylic acids is 1. The summed E-state index contributed by atoms with van der Waals surface area (Å²) >= 11 is 0.457. The van der Waals surface area contributed by atoms with Crippen molar-refractivity contribution in [2.24, 2.45) is 0 Å². The molecule has 1 amide bonds. The second-order valence-corrected chi connectivity index (χ2v) is 9.67. The number of hydrogen-bond donors (Lipinski definition) is 2. The number of amides is 1. The van der Waals surface area contributed by atoms with Crippen molar-refractivity contribution in [1.29, 1.82) is 0 Å². The van der Waals surface area contributed by atoms with E-state index in [2.05, 4.69) is 5.32 Å². The van der Waals surface area contributed by atoms with Crippen LogP contribution in [0.15, 0.2) is 0 Å². The van der Waals surface area contributed by atoms with Gasteiger partial charge in [0.25, 0.3) is 0 Å². The first-order valence-corrected chi connectivity index (χ1v) is 10.3. The number of carbonyl (C=O) groups excluding carboxylic acids is 1. The summed E-state index contributed by atoms with van der Waals surface area (Å²) in [7, 11) is 0. The number of nitrogens with one attached hydrogen (secondary N) is 1. The topological polar surface area (TPSA) is 75.6 Å². The molecule has 2 N–H and O–H groups in total. The predicted molar refractivity (Wildman–Crippen MR) is 87.4 cm³/mol. The van der Waals surface area contributed by atoms with E-state index < -0.39 is 17.7 Å². The summed E-state index contributed by atoms with van der Waals surface area (Å²) in [5.41, 5.74) is -0.532. The molecule has 0 aromatic rings. The van der Waals surface area contributed by atoms with Crippen molar-refractivity contribution in [3.63, 3.8) is 0 Å². The van der Waals surface area contributed by atoms with Gasteiger partial charge in [-0.15, -0.1) is 0 Å². The fraction of sp³-hybridized carbons (Fsp3) is 0.875. The second-order valence-electron chi connectivity index (χ2n) is 6.87. The standard InChI is InChI=1S/C16H29NO4Se/c1-16(2,3)21-15(20)17-12(9-10-14(18)19)11-22-13-7-5-4-6-8-13/h12-13H,4-11H2,1-3H3,(H,17,20)(H,18,19)/t12-/m1/s1. The van der Waals surface area contributed by atoms with Crippen molar-refractivity contribution < 1.29 is 19.4 Å². The Morgan fingerprint density at radius 1 is 1.27 bits per heavy atom. The fourth-order valence-corrected chi connectivity index (χ4v) is 5.43. The van der Waals surface area contributed by atoms with E-state index in [-0.39, 0.29) is 12.5 Å². The van der Waals surface area contributed by atoms with Gasteiger partial charge < -0.3 is 0 Å². The van der Waals surface area contributed by atoms with Crippen LogP contribution >= 0.6 is 0 Å². The molecule has 1 fully saturated rings. The number of rotatable bonds is 7. The molecule has 1 atom stereocenters. The van der Waals surface area contributed by atoms with Gasteiger partial charge in [0.15, 0.2) is 0 Å². The molecular weight excluding hydrogens is 349 g/mol. The van der Waals surface area contributed by atoms with E-state index in [9.17, 15) is 9.59 Å². The Morgan fingerprint density at radius 3 is 2.45 bits per heavy atom. The first-order chi connectivity index (χ1) is 10.3. The van der Waals surface area contributed by atoms with Crippen LogP contribution in [0.2, 0.25) is 10.1 Å². The zero-order valence-electron chi connectivity index (χ0n) is 13.9. The van der Waals surface area contributed by atoms with Gasteiger partial charge in [0.2, 0.25) is 0 Å². The third kappa shape index (κ3) is 9.31. The normalized spacial score (nSPS) is 17.8. The van der Waals surface area contributed by atoms with Crippen LogP contribution in [0, 0.1) is 0 Å². The van der Waals surface area contributed by atoms with Gasteiger partial charge in [0.05, 0.1) is 0 Å². The van der Waals surface area contributed by atoms with E-state index >= 15 is 0 Å². The molecule has 0 aromatic heterocycles. The van der Waals surface area contributed by atoms with Crippen LogP contribution in [0.1, 0.15) is 65.7 Å². The molecule has 1 aliphatic carbocycles. The number of carboxylic acids is 1. The Balaban J connectivity index is 2.43. The van der Waals surface area contributed by atoms with Crippen LogP contribution in [-0.4, -0.2) is 43.8 Å². The molecule has 0 bridgehead atoms. The zero-order valence-corrected chi connectivity index (χ0v) is 15.6. The molecule has 0 aliphatic heterocycles. The van der Waals surface area contributed by atoms with Crippen molar-refractivity contribution in [2.45, 2.75) is 87.5 Å². The molecule has 0 radical (unpaired) electrons. The van der Waals surface area contributed by atoms with E-state index in [1.807, 2.05) is 20.8 Å². The molecule has 1 rings (SSSR count). The van der Waals surface area contributed by atoms with E-state index in [1.54, 1.807) is 0 Å². The average Bonchev–Trinajstić information content (AvgIpc) is 2.41. The van der Waals surface area contributed by atoms with Crippen LogP contribution in [-0.2, 0) is 9.53 Å². The van der Waals surface area contributed by atoms with E-state index in [1.165, 1.54) is 32.1 Å². The van der Waals surface area contributed by atoms with Crippen LogP contribution in [0.3, 0.4) is 0 Å². The van der Waals surface area contributed by atoms with Gasteiger partial charge in [-0.05, 0) is 0 Å². The number of carbonyl (C=O) groups is 2. The molecule has 22 heavy (non-hydrogen) atoms. The third-order valence-electron chi connectivity index (χ3n) is 3.51. The molecule has 0 aromatic carbocycles. The zero-order chi connectivity index (χ0) is 16.6. The molecule has 0 unspecified atom stereocenters. The Morgan fingerprint density at radius 2 is 1.91 bits per heavy atom. The molecule has 0 saturated heterocycles. The minimum absolute atomic E-state index is 0.0845. The molecule has 0 heterocycles. The van der Waals surface area contributed by atoms with Crippen molar-refractivity contribution in [3.8, 4) is 0 Å². The predicted octanol–water partition coefficient (Wildman–Crippen LogP) is 3.62. The molecule has 5 nitrogen and oxygen atoms in total. The molecule has 1 aliphatic rings. The summed E-state index contributed by atoms with van der Waals surface area (Å²) in [5, 5.41) is 12.6. The summed E-state index contributed by atoms with van der Waals surface area (Å²) in [6.07, 6.45) is 6.66. The fourth-order valence-electron chi connectivity index (χ4n) is 2.45. The van der Waals surface area contributed by atoms with Crippen LogP contribution < -0.4 is 5.32 Å². The molecule has 0 spiro atoms. The van der Waals surface area contributed by atoms with Gasteiger partial charge in [-0.1, -0.05) is 0 Å². The van der Waals surface area contributed by atoms with Crippen LogP contribution in [0.5, 0.6) is 0 Å². The number of ether oxygens (including phenoxy) is 1. The maximum atomic E-state index is 11.9. The number of carboxylic acid groups (broad SMARTS) is 1. The van der Waals surface area contributed by atoms with Crippen molar-refractivity contribution >= 4 is 27.0 Å². The molecule has 128 valence electrons. The monoisotopic (exact) mass is 379 g/mol. The van der Waals surface area contributed by atoms with Gasteiger partial charge in [0, 0.05) is 0 Å². The quantitative estimate of drug-likeness (QED) is 0.664. The average molecular weight is 378 g/mol. The Kier molecular flexibility index (Phi) is 8.26. The minimum atomic E-state index is -0.818. The van der Waals surface area contributed by atoms with Gasteiger partial charge in [0.1, 0.15) is 0 Å². The summed E-state index contributed by atoms with van der Waals surface area (Å²) in [5.74, 6) is -0.818. The third-order valence-corrected chi connectivity index (χ3v) is 6.74. The molecule has 6 heteroatoms. The van der Waals surface area contributed by atoms with E-state index in [0.29, 0.717) is 21.4 Å². The SMILES string of the molecule is CC(C)(C)OC(=O)N[C@H](CCC(=O)O)C[Se]C1CCCCC1. The van der Waals surface area contributed by atoms with E-state index in [4.69, 9.17) is 9.84 Å². The summed E-state index contributed by atoms with van der Waals surface area (Å²) in [6, 6.07) is -0.0899. The summed E-state index contributed by atoms with van der Waals surface area (Å²) in [4.78, 5) is 23.5. The van der Waals surface area contributed by atoms with Gasteiger partial charge in [-0.25, -0.2) is 0 Å². The Bertz CT molecular complexity index is 362. The first-order valence-electron chi connectivity index (χ1n) is 8.09. The van der Waals surface area contributed by atoms with Crippen LogP contribution in [0.25, 0.3) is 0 Å². The van der Waals surface area contributed by atoms with Crippen molar-refractivity contribution in [1.82, 2.24) is 5.32 Å².